The van der Waals surface area contributed by atoms with Crippen molar-refractivity contribution in [1.82, 2.24) is 25.0 Å². The topological polar surface area (TPSA) is 69.6 Å². The van der Waals surface area contributed by atoms with E-state index >= 15 is 0 Å². The summed E-state index contributed by atoms with van der Waals surface area (Å²) in [6, 6.07) is 5.22. The number of hydrogen-bond acceptors (Lipinski definition) is 5. The summed E-state index contributed by atoms with van der Waals surface area (Å²) in [5, 5.41) is 11.9. The van der Waals surface area contributed by atoms with E-state index in [9.17, 15) is 13.2 Å². The number of benzene rings is 1. The van der Waals surface area contributed by atoms with Crippen LogP contribution >= 0.6 is 0 Å². The summed E-state index contributed by atoms with van der Waals surface area (Å²) in [5.74, 6) is -0.202. The van der Waals surface area contributed by atoms with Crippen molar-refractivity contribution in [3.63, 3.8) is 0 Å². The van der Waals surface area contributed by atoms with Gasteiger partial charge in [0.1, 0.15) is 25.7 Å². The Morgan fingerprint density at radius 3 is 2.70 bits per heavy atom. The van der Waals surface area contributed by atoms with E-state index in [1.807, 2.05) is 0 Å². The molecule has 27 heavy (non-hydrogen) atoms. The van der Waals surface area contributed by atoms with Crippen LogP contribution in [-0.2, 0) is 6.54 Å². The quantitative estimate of drug-likeness (QED) is 0.518. The molecule has 4 rings (SSSR count). The van der Waals surface area contributed by atoms with Crippen molar-refractivity contribution in [2.45, 2.75) is 19.9 Å². The molecular formula is C17H11BF3N5O. The average molecular weight is 369 g/mol. The van der Waals surface area contributed by atoms with Crippen LogP contribution in [-0.4, -0.2) is 32.8 Å². The fourth-order valence-electron chi connectivity index (χ4n) is 2.78. The monoisotopic (exact) mass is 369 g/mol. The third kappa shape index (κ3) is 3.18. The molecule has 0 aliphatic rings. The van der Waals surface area contributed by atoms with Gasteiger partial charge in [-0.25, -0.2) is 13.2 Å². The lowest BCUT2D eigenvalue weighted by molar-refractivity contribution is 0.146. The lowest BCUT2D eigenvalue weighted by atomic mass is 10.0. The molecule has 0 fully saturated rings. The molecule has 3 heterocycles. The third-order valence-corrected chi connectivity index (χ3v) is 4.03. The molecule has 2 radical (unpaired) electrons. The molecule has 0 aliphatic heterocycles. The average Bonchev–Trinajstić information content (AvgIpc) is 3.18. The van der Waals surface area contributed by atoms with Crippen LogP contribution in [0.3, 0.4) is 0 Å². The van der Waals surface area contributed by atoms with Gasteiger partial charge in [-0.3, -0.25) is 9.67 Å². The first-order valence-corrected chi connectivity index (χ1v) is 7.91. The van der Waals surface area contributed by atoms with Crippen LogP contribution in [0.25, 0.3) is 22.2 Å². The number of alkyl halides is 2. The van der Waals surface area contributed by atoms with E-state index < -0.39 is 17.8 Å². The van der Waals surface area contributed by atoms with Crippen molar-refractivity contribution in [2.75, 3.05) is 0 Å². The van der Waals surface area contributed by atoms with E-state index in [1.54, 1.807) is 13.0 Å². The van der Waals surface area contributed by atoms with E-state index in [0.29, 0.717) is 33.9 Å². The van der Waals surface area contributed by atoms with Gasteiger partial charge in [0.15, 0.2) is 0 Å². The zero-order valence-electron chi connectivity index (χ0n) is 14.0. The number of halogens is 3. The number of aromatic nitrogens is 5. The first-order chi connectivity index (χ1) is 12.9. The molecule has 0 unspecified atom stereocenters. The van der Waals surface area contributed by atoms with Crippen LogP contribution < -0.4 is 5.59 Å². The van der Waals surface area contributed by atoms with Crippen molar-refractivity contribution in [3.8, 4) is 11.1 Å². The molecule has 0 amide bonds. The number of rotatable bonds is 4. The smallest absolute Gasteiger partial charge is 0.266 e. The molecule has 4 aromatic rings. The number of aryl methyl sites for hydroxylation is 1. The van der Waals surface area contributed by atoms with E-state index in [4.69, 9.17) is 12.3 Å². The van der Waals surface area contributed by atoms with Crippen molar-refractivity contribution >= 4 is 24.5 Å². The van der Waals surface area contributed by atoms with E-state index in [1.165, 1.54) is 16.9 Å². The van der Waals surface area contributed by atoms with Crippen molar-refractivity contribution < 1.29 is 17.6 Å². The van der Waals surface area contributed by atoms with Crippen LogP contribution in [0.2, 0.25) is 0 Å². The van der Waals surface area contributed by atoms with E-state index in [0.717, 1.165) is 12.1 Å². The normalized spacial score (nSPS) is 11.6. The minimum atomic E-state index is -2.91. The van der Waals surface area contributed by atoms with Crippen LogP contribution in [0.1, 0.15) is 23.8 Å². The van der Waals surface area contributed by atoms with Crippen molar-refractivity contribution in [3.05, 3.63) is 53.6 Å². The fourth-order valence-corrected chi connectivity index (χ4v) is 2.78. The first kappa shape index (κ1) is 17.3. The molecule has 0 saturated heterocycles. The Morgan fingerprint density at radius 2 is 2.00 bits per heavy atom. The maximum Gasteiger partial charge on any atom is 0.266 e. The Balaban J connectivity index is 1.79. The molecule has 134 valence electrons. The number of hydrogen-bond donors (Lipinski definition) is 0. The van der Waals surface area contributed by atoms with Crippen LogP contribution in [0.4, 0.5) is 13.2 Å². The molecule has 0 atom stereocenters. The molecule has 3 aromatic heterocycles. The lowest BCUT2D eigenvalue weighted by Gasteiger charge is -2.07. The Labute approximate surface area is 152 Å². The second-order valence-electron chi connectivity index (χ2n) is 5.89. The van der Waals surface area contributed by atoms with E-state index in [2.05, 4.69) is 20.3 Å². The van der Waals surface area contributed by atoms with Crippen LogP contribution in [0, 0.1) is 12.7 Å². The Morgan fingerprint density at radius 1 is 1.19 bits per heavy atom. The minimum absolute atomic E-state index is 0.172. The molecule has 1 aromatic carbocycles. The summed E-state index contributed by atoms with van der Waals surface area (Å²) in [6.07, 6.45) is -1.44. The van der Waals surface area contributed by atoms with Crippen molar-refractivity contribution in [2.24, 2.45) is 0 Å². The van der Waals surface area contributed by atoms with Gasteiger partial charge in [0.05, 0.1) is 11.1 Å². The summed E-state index contributed by atoms with van der Waals surface area (Å²) in [7, 11) is 5.90. The van der Waals surface area contributed by atoms with E-state index in [-0.39, 0.29) is 12.1 Å². The summed E-state index contributed by atoms with van der Waals surface area (Å²) < 4.78 is 46.4. The summed E-state index contributed by atoms with van der Waals surface area (Å²) >= 11 is 0. The van der Waals surface area contributed by atoms with Gasteiger partial charge in [-0.05, 0) is 23.8 Å². The predicted octanol–water partition coefficient (Wildman–Crippen LogP) is 2.71. The standard InChI is InChI=1S/C17H11BF3N5O/c1-8-23-24-14(27-8)7-26-13-5-10(6-22-15(13)16(18)25-26)9-2-3-12(19)11(4-9)17(20)21/h2-6,17H,7H2,1H3. The highest BCUT2D eigenvalue weighted by atomic mass is 19.3. The second-order valence-corrected chi connectivity index (χ2v) is 5.89. The highest BCUT2D eigenvalue weighted by molar-refractivity contribution is 6.36. The third-order valence-electron chi connectivity index (χ3n) is 4.03. The van der Waals surface area contributed by atoms with Crippen molar-refractivity contribution in [1.29, 1.82) is 0 Å². The van der Waals surface area contributed by atoms with Gasteiger partial charge in [0.2, 0.25) is 11.8 Å². The zero-order valence-corrected chi connectivity index (χ0v) is 14.0. The summed E-state index contributed by atoms with van der Waals surface area (Å²) in [4.78, 5) is 4.27. The van der Waals surface area contributed by atoms with Crippen LogP contribution in [0.15, 0.2) is 34.9 Å². The molecule has 0 bridgehead atoms. The second kappa shape index (κ2) is 6.53. The number of pyridine rings is 1. The summed E-state index contributed by atoms with van der Waals surface area (Å²) in [6.45, 7) is 1.84. The van der Waals surface area contributed by atoms with Gasteiger partial charge in [-0.15, -0.1) is 10.2 Å². The van der Waals surface area contributed by atoms with Crippen LogP contribution in [0.5, 0.6) is 0 Å². The van der Waals surface area contributed by atoms with Gasteiger partial charge >= 0.3 is 0 Å². The van der Waals surface area contributed by atoms with Gasteiger partial charge in [-0.1, -0.05) is 6.07 Å². The number of nitrogens with zero attached hydrogens (tertiary/aromatic N) is 5. The largest absolute Gasteiger partial charge is 0.424 e. The molecule has 0 saturated carbocycles. The Bertz CT molecular complexity index is 1140. The molecule has 0 aliphatic carbocycles. The van der Waals surface area contributed by atoms with Gasteiger partial charge in [-0.2, -0.15) is 5.10 Å². The molecule has 6 nitrogen and oxygen atoms in total. The maximum absolute atomic E-state index is 13.6. The Hall–Kier alpha value is -3.17. The maximum atomic E-state index is 13.6. The molecule has 0 spiro atoms. The van der Waals surface area contributed by atoms with Gasteiger partial charge in [0.25, 0.3) is 6.43 Å². The molecule has 10 heteroatoms. The minimum Gasteiger partial charge on any atom is -0.424 e. The highest BCUT2D eigenvalue weighted by Crippen LogP contribution is 2.29. The molecule has 0 N–H and O–H groups in total. The fraction of sp³-hybridized carbons (Fsp3) is 0.176. The van der Waals surface area contributed by atoms with Gasteiger partial charge < -0.3 is 4.42 Å². The zero-order chi connectivity index (χ0) is 19.1. The first-order valence-electron chi connectivity index (χ1n) is 7.91. The predicted molar refractivity (Wildman–Crippen MR) is 91.4 cm³/mol. The van der Waals surface area contributed by atoms with Gasteiger partial charge in [0, 0.05) is 24.3 Å². The summed E-state index contributed by atoms with van der Waals surface area (Å²) in [5.41, 5.74) is 1.48. The Kier molecular flexibility index (Phi) is 4.17. The molecular weight excluding hydrogens is 358 g/mol. The highest BCUT2D eigenvalue weighted by Gasteiger charge is 2.16. The SMILES string of the molecule is [B]c1nn(Cc2nnc(C)o2)c2cc(-c3ccc(F)c(C(F)F)c3)cnc12. The lowest BCUT2D eigenvalue weighted by Crippen LogP contribution is -2.09. The number of fused-ring (bicyclic) bond motifs is 1.